The number of carbonyl (C=O) groups excluding carboxylic acids is 3. The van der Waals surface area contributed by atoms with Crippen molar-refractivity contribution in [2.24, 2.45) is 0 Å². The monoisotopic (exact) mass is 999 g/mol. The Morgan fingerprint density at radius 1 is 0.292 bits per heavy atom. The first kappa shape index (κ1) is 68.1. The van der Waals surface area contributed by atoms with E-state index in [1.165, 1.54) is 122 Å². The summed E-state index contributed by atoms with van der Waals surface area (Å²) in [5.41, 5.74) is 0. The number of hydrogen-bond donors (Lipinski definition) is 0. The zero-order valence-electron chi connectivity index (χ0n) is 46.9. The molecule has 1 atom stereocenters. The molecule has 0 radical (unpaired) electrons. The Labute approximate surface area is 444 Å². The van der Waals surface area contributed by atoms with E-state index in [9.17, 15) is 14.4 Å². The number of hydrogen-bond acceptors (Lipinski definition) is 6. The third-order valence-electron chi connectivity index (χ3n) is 12.5. The summed E-state index contributed by atoms with van der Waals surface area (Å²) < 4.78 is 16.8. The smallest absolute Gasteiger partial charge is 0.306 e. The molecule has 0 rings (SSSR count). The number of carbonyl (C=O) groups is 3. The summed E-state index contributed by atoms with van der Waals surface area (Å²) in [6.07, 6.45) is 80.9. The minimum absolute atomic E-state index is 0.0930. The SMILES string of the molecule is CC/C=C\C/C=C\C/C=C\C/C=C\C/C=C\C/C=C\C/C=C\C/C=C\C/C=C\CCCC(=O)OCC(COC(=O)CCCCCCCCCCCCCC)OC(=O)CCCCCCCCCCCCCCC. The summed E-state index contributed by atoms with van der Waals surface area (Å²) in [6, 6.07) is 0. The van der Waals surface area contributed by atoms with Crippen LogP contribution in [0.15, 0.2) is 109 Å². The van der Waals surface area contributed by atoms with E-state index in [2.05, 4.69) is 130 Å². The normalized spacial score (nSPS) is 12.9. The predicted molar refractivity (Wildman–Crippen MR) is 311 cm³/mol. The van der Waals surface area contributed by atoms with Crippen LogP contribution in [0.2, 0.25) is 0 Å². The third kappa shape index (κ3) is 57.0. The van der Waals surface area contributed by atoms with Crippen LogP contribution < -0.4 is 0 Å². The van der Waals surface area contributed by atoms with Crippen molar-refractivity contribution in [3.8, 4) is 0 Å². The van der Waals surface area contributed by atoms with E-state index < -0.39 is 6.10 Å². The van der Waals surface area contributed by atoms with Crippen LogP contribution in [0.25, 0.3) is 0 Å². The van der Waals surface area contributed by atoms with Gasteiger partial charge in [-0.25, -0.2) is 0 Å². The lowest BCUT2D eigenvalue weighted by atomic mass is 10.0. The average molecular weight is 1000 g/mol. The molecule has 410 valence electrons. The van der Waals surface area contributed by atoms with Gasteiger partial charge < -0.3 is 14.2 Å². The second-order valence-electron chi connectivity index (χ2n) is 19.5. The fraction of sp³-hybridized carbons (Fsp3) is 0.682. The van der Waals surface area contributed by atoms with Gasteiger partial charge in [0.2, 0.25) is 0 Å². The fourth-order valence-electron chi connectivity index (χ4n) is 8.09. The van der Waals surface area contributed by atoms with Crippen molar-refractivity contribution >= 4 is 17.9 Å². The summed E-state index contributed by atoms with van der Waals surface area (Å²) >= 11 is 0. The second kappa shape index (κ2) is 59.6. The standard InChI is InChI=1S/C66H110O6/c1-4-7-10-13-16-19-22-25-26-27-28-29-30-31-32-33-34-35-36-37-38-39-40-42-44-47-50-53-56-59-65(68)71-62-63(61-70-64(67)58-55-52-49-46-43-24-21-18-15-12-9-6-3)72-66(69)60-57-54-51-48-45-41-23-20-17-14-11-8-5-2/h7,10,16,19,25-26,28-29,31-32,34-35,37-38,40,42,47,50,63H,4-6,8-9,11-15,17-18,20-24,27,30,33,36,39,41,43-46,48-49,51-62H2,1-3H3/b10-7-,19-16-,26-25-,29-28-,32-31-,35-34-,38-37-,42-40-,50-47-. The molecule has 0 aliphatic carbocycles. The highest BCUT2D eigenvalue weighted by molar-refractivity contribution is 5.71. The van der Waals surface area contributed by atoms with E-state index in [1.807, 2.05) is 0 Å². The molecule has 6 nitrogen and oxygen atoms in total. The van der Waals surface area contributed by atoms with Crippen molar-refractivity contribution in [3.05, 3.63) is 109 Å². The van der Waals surface area contributed by atoms with Crippen LogP contribution in [-0.2, 0) is 28.6 Å². The Morgan fingerprint density at radius 2 is 0.542 bits per heavy atom. The number of esters is 3. The van der Waals surface area contributed by atoms with Crippen molar-refractivity contribution in [2.45, 2.75) is 277 Å². The first-order chi connectivity index (χ1) is 35.5. The van der Waals surface area contributed by atoms with E-state index in [0.29, 0.717) is 19.3 Å². The van der Waals surface area contributed by atoms with E-state index in [4.69, 9.17) is 14.2 Å². The molecule has 0 spiro atoms. The molecule has 0 N–H and O–H groups in total. The molecule has 6 heteroatoms. The Balaban J connectivity index is 4.38. The molecule has 0 saturated carbocycles. The van der Waals surface area contributed by atoms with Gasteiger partial charge in [0.1, 0.15) is 13.2 Å². The van der Waals surface area contributed by atoms with E-state index in [0.717, 1.165) is 103 Å². The molecule has 0 amide bonds. The van der Waals surface area contributed by atoms with Crippen LogP contribution in [-0.4, -0.2) is 37.2 Å². The first-order valence-electron chi connectivity index (χ1n) is 29.9. The lowest BCUT2D eigenvalue weighted by Gasteiger charge is -2.18. The Hall–Kier alpha value is -3.93. The highest BCUT2D eigenvalue weighted by atomic mass is 16.6. The zero-order chi connectivity index (χ0) is 52.2. The number of allylic oxidation sites excluding steroid dienone is 18. The Morgan fingerprint density at radius 3 is 0.847 bits per heavy atom. The summed E-state index contributed by atoms with van der Waals surface area (Å²) in [5, 5.41) is 0. The van der Waals surface area contributed by atoms with Crippen LogP contribution in [0, 0.1) is 0 Å². The molecule has 0 aromatic heterocycles. The van der Waals surface area contributed by atoms with E-state index in [-0.39, 0.29) is 37.5 Å². The molecule has 0 aliphatic heterocycles. The molecule has 0 aromatic rings. The van der Waals surface area contributed by atoms with Crippen LogP contribution >= 0.6 is 0 Å². The van der Waals surface area contributed by atoms with Gasteiger partial charge in [0.15, 0.2) is 6.10 Å². The number of rotatable bonds is 53. The van der Waals surface area contributed by atoms with Crippen molar-refractivity contribution in [3.63, 3.8) is 0 Å². The molecule has 0 heterocycles. The Bertz CT molecular complexity index is 1470. The van der Waals surface area contributed by atoms with E-state index >= 15 is 0 Å². The summed E-state index contributed by atoms with van der Waals surface area (Å²) in [4.78, 5) is 38.1. The van der Waals surface area contributed by atoms with Gasteiger partial charge in [0, 0.05) is 19.3 Å². The minimum Gasteiger partial charge on any atom is -0.462 e. The number of ether oxygens (including phenoxy) is 3. The maximum Gasteiger partial charge on any atom is 0.306 e. The van der Waals surface area contributed by atoms with Crippen molar-refractivity contribution in [2.75, 3.05) is 13.2 Å². The van der Waals surface area contributed by atoms with Gasteiger partial charge in [0.05, 0.1) is 0 Å². The van der Waals surface area contributed by atoms with Gasteiger partial charge in [-0.1, -0.05) is 278 Å². The summed E-state index contributed by atoms with van der Waals surface area (Å²) in [6.45, 7) is 6.48. The van der Waals surface area contributed by atoms with Crippen molar-refractivity contribution in [1.29, 1.82) is 0 Å². The van der Waals surface area contributed by atoms with Gasteiger partial charge in [-0.3, -0.25) is 14.4 Å². The fourth-order valence-corrected chi connectivity index (χ4v) is 8.09. The highest BCUT2D eigenvalue weighted by Gasteiger charge is 2.19. The van der Waals surface area contributed by atoms with Gasteiger partial charge in [-0.05, 0) is 83.5 Å². The maximum atomic E-state index is 12.8. The predicted octanol–water partition coefficient (Wildman–Crippen LogP) is 20.3. The van der Waals surface area contributed by atoms with Crippen molar-refractivity contribution in [1.82, 2.24) is 0 Å². The quantitative estimate of drug-likeness (QED) is 0.0261. The van der Waals surface area contributed by atoms with E-state index in [1.54, 1.807) is 0 Å². The minimum atomic E-state index is -0.799. The van der Waals surface area contributed by atoms with Crippen LogP contribution in [0.4, 0.5) is 0 Å². The average Bonchev–Trinajstić information content (AvgIpc) is 3.38. The second-order valence-corrected chi connectivity index (χ2v) is 19.5. The van der Waals surface area contributed by atoms with Gasteiger partial charge in [-0.15, -0.1) is 0 Å². The molecular weight excluding hydrogens is 889 g/mol. The lowest BCUT2D eigenvalue weighted by molar-refractivity contribution is -0.167. The molecule has 0 saturated heterocycles. The van der Waals surface area contributed by atoms with Gasteiger partial charge in [-0.2, -0.15) is 0 Å². The van der Waals surface area contributed by atoms with Crippen LogP contribution in [0.1, 0.15) is 271 Å². The largest absolute Gasteiger partial charge is 0.462 e. The van der Waals surface area contributed by atoms with Crippen LogP contribution in [0.3, 0.4) is 0 Å². The summed E-state index contributed by atoms with van der Waals surface area (Å²) in [7, 11) is 0. The molecule has 0 aliphatic rings. The van der Waals surface area contributed by atoms with Gasteiger partial charge in [0.25, 0.3) is 0 Å². The zero-order valence-corrected chi connectivity index (χ0v) is 46.9. The third-order valence-corrected chi connectivity index (χ3v) is 12.5. The maximum absolute atomic E-state index is 12.8. The lowest BCUT2D eigenvalue weighted by Crippen LogP contribution is -2.30. The van der Waals surface area contributed by atoms with Gasteiger partial charge >= 0.3 is 17.9 Å². The first-order valence-corrected chi connectivity index (χ1v) is 29.9. The highest BCUT2D eigenvalue weighted by Crippen LogP contribution is 2.15. The van der Waals surface area contributed by atoms with Crippen molar-refractivity contribution < 1.29 is 28.6 Å². The molecule has 72 heavy (non-hydrogen) atoms. The molecule has 1 unspecified atom stereocenters. The Kier molecular flexibility index (Phi) is 56.4. The molecule has 0 fully saturated rings. The summed E-state index contributed by atoms with van der Waals surface area (Å²) in [5.74, 6) is -0.951. The number of unbranched alkanes of at least 4 members (excludes halogenated alkanes) is 24. The molecule has 0 bridgehead atoms. The van der Waals surface area contributed by atoms with Crippen LogP contribution in [0.5, 0.6) is 0 Å². The topological polar surface area (TPSA) is 78.9 Å². The molecule has 0 aromatic carbocycles. The molecular formula is C66H110O6.